The first-order chi connectivity index (χ1) is 8.73. The highest BCUT2D eigenvalue weighted by atomic mass is 16.5. The fourth-order valence-corrected chi connectivity index (χ4v) is 1.57. The van der Waals surface area contributed by atoms with E-state index in [4.69, 9.17) is 10.5 Å². The number of nitrogens with zero attached hydrogens (tertiary/aromatic N) is 2. The monoisotopic (exact) mass is 268 g/mol. The minimum absolute atomic E-state index is 0.307. The van der Waals surface area contributed by atoms with Crippen LogP contribution in [0.1, 0.15) is 28.7 Å². The summed E-state index contributed by atoms with van der Waals surface area (Å²) in [6.45, 7) is 4.72. The van der Waals surface area contributed by atoms with Crippen LogP contribution < -0.4 is 11.1 Å². The van der Waals surface area contributed by atoms with Crippen LogP contribution in [0.5, 0.6) is 0 Å². The van der Waals surface area contributed by atoms with Gasteiger partial charge < -0.3 is 10.5 Å². The Morgan fingerprint density at radius 1 is 1.37 bits per heavy atom. The molecule has 0 radical (unpaired) electrons. The minimum Gasteiger partial charge on any atom is -0.449 e. The van der Waals surface area contributed by atoms with Gasteiger partial charge in [-0.25, -0.2) is 9.59 Å². The Kier molecular flexibility index (Phi) is 4.26. The number of primary amides is 1. The Balaban J connectivity index is 2.80. The van der Waals surface area contributed by atoms with Gasteiger partial charge in [0.25, 0.3) is 5.91 Å². The number of rotatable bonds is 3. The molecule has 0 fully saturated rings. The van der Waals surface area contributed by atoms with Crippen LogP contribution in [0.2, 0.25) is 0 Å². The first-order valence-corrected chi connectivity index (χ1v) is 5.55. The van der Waals surface area contributed by atoms with Gasteiger partial charge in [-0.2, -0.15) is 5.10 Å². The van der Waals surface area contributed by atoms with Crippen molar-refractivity contribution in [3.63, 3.8) is 0 Å². The second kappa shape index (κ2) is 5.51. The molecule has 8 heteroatoms. The molecule has 104 valence electrons. The third-order valence-corrected chi connectivity index (χ3v) is 2.61. The highest BCUT2D eigenvalue weighted by Gasteiger charge is 2.24. The van der Waals surface area contributed by atoms with Gasteiger partial charge in [0, 0.05) is 12.7 Å². The van der Waals surface area contributed by atoms with Gasteiger partial charge in [-0.05, 0) is 20.8 Å². The lowest BCUT2D eigenvalue weighted by Gasteiger charge is -2.12. The molecule has 0 spiro atoms. The lowest BCUT2D eigenvalue weighted by molar-refractivity contribution is -0.127. The first kappa shape index (κ1) is 14.7. The van der Waals surface area contributed by atoms with Gasteiger partial charge in [-0.15, -0.1) is 0 Å². The Labute approximate surface area is 109 Å². The SMILES string of the molecule is Cc1nn(C)c(C)c1C(=O)OC(C)C(=O)NC(N)=O. The van der Waals surface area contributed by atoms with Gasteiger partial charge >= 0.3 is 12.0 Å². The molecule has 8 nitrogen and oxygen atoms in total. The maximum atomic E-state index is 11.9. The minimum atomic E-state index is -1.13. The zero-order chi connectivity index (χ0) is 14.7. The van der Waals surface area contributed by atoms with Gasteiger partial charge in [0.15, 0.2) is 6.10 Å². The molecule has 0 aliphatic heterocycles. The number of carbonyl (C=O) groups excluding carboxylic acids is 3. The van der Waals surface area contributed by atoms with Gasteiger partial charge in [-0.3, -0.25) is 14.8 Å². The molecule has 1 aromatic heterocycles. The quantitative estimate of drug-likeness (QED) is 0.735. The van der Waals surface area contributed by atoms with Gasteiger partial charge in [0.05, 0.1) is 5.69 Å². The van der Waals surface area contributed by atoms with Crippen molar-refractivity contribution >= 4 is 17.9 Å². The van der Waals surface area contributed by atoms with E-state index in [1.807, 2.05) is 5.32 Å². The summed E-state index contributed by atoms with van der Waals surface area (Å²) in [5, 5.41) is 5.91. The van der Waals surface area contributed by atoms with Crippen LogP contribution >= 0.6 is 0 Å². The normalized spacial score (nSPS) is 11.8. The molecule has 0 bridgehead atoms. The number of aryl methyl sites for hydroxylation is 2. The van der Waals surface area contributed by atoms with Crippen LogP contribution in [0.3, 0.4) is 0 Å². The van der Waals surface area contributed by atoms with Crippen molar-refractivity contribution in [2.24, 2.45) is 12.8 Å². The third kappa shape index (κ3) is 3.30. The van der Waals surface area contributed by atoms with Crippen LogP contribution in [0.25, 0.3) is 0 Å². The molecule has 1 unspecified atom stereocenters. The Morgan fingerprint density at radius 2 is 1.95 bits per heavy atom. The molecule has 1 aromatic rings. The molecule has 0 saturated carbocycles. The zero-order valence-corrected chi connectivity index (χ0v) is 11.2. The number of amides is 3. The summed E-state index contributed by atoms with van der Waals surface area (Å²) < 4.78 is 6.50. The molecule has 1 atom stereocenters. The van der Waals surface area contributed by atoms with Gasteiger partial charge in [0.2, 0.25) is 0 Å². The molecule has 1 rings (SSSR count). The second-order valence-corrected chi connectivity index (χ2v) is 4.07. The summed E-state index contributed by atoms with van der Waals surface area (Å²) in [6.07, 6.45) is -1.13. The number of carbonyl (C=O) groups is 3. The summed E-state index contributed by atoms with van der Waals surface area (Å²) >= 11 is 0. The Bertz CT molecular complexity index is 535. The molecule has 19 heavy (non-hydrogen) atoms. The highest BCUT2D eigenvalue weighted by molar-refractivity contribution is 5.98. The van der Waals surface area contributed by atoms with E-state index in [0.29, 0.717) is 17.0 Å². The highest BCUT2D eigenvalue weighted by Crippen LogP contribution is 2.14. The van der Waals surface area contributed by atoms with Crippen molar-refractivity contribution in [3.8, 4) is 0 Å². The summed E-state index contributed by atoms with van der Waals surface area (Å²) in [6, 6.07) is -0.998. The maximum absolute atomic E-state index is 11.9. The van der Waals surface area contributed by atoms with Crippen molar-refractivity contribution in [1.29, 1.82) is 0 Å². The molecule has 0 saturated heterocycles. The number of esters is 1. The topological polar surface area (TPSA) is 116 Å². The van der Waals surface area contributed by atoms with Crippen LogP contribution in [0, 0.1) is 13.8 Å². The lowest BCUT2D eigenvalue weighted by Crippen LogP contribution is -2.42. The van der Waals surface area contributed by atoms with E-state index in [9.17, 15) is 14.4 Å². The predicted molar refractivity (Wildman–Crippen MR) is 65.3 cm³/mol. The molecule has 3 N–H and O–H groups in total. The largest absolute Gasteiger partial charge is 0.449 e. The maximum Gasteiger partial charge on any atom is 0.342 e. The van der Waals surface area contributed by atoms with Crippen molar-refractivity contribution in [3.05, 3.63) is 17.0 Å². The van der Waals surface area contributed by atoms with Gasteiger partial charge in [0.1, 0.15) is 5.56 Å². The Morgan fingerprint density at radius 3 is 2.37 bits per heavy atom. The summed E-state index contributed by atoms with van der Waals surface area (Å²) in [5.41, 5.74) is 6.24. The van der Waals surface area contributed by atoms with E-state index >= 15 is 0 Å². The second-order valence-electron chi connectivity index (χ2n) is 4.07. The molecular formula is C11H16N4O4. The van der Waals surface area contributed by atoms with Crippen molar-refractivity contribution in [2.75, 3.05) is 0 Å². The van der Waals surface area contributed by atoms with E-state index in [-0.39, 0.29) is 0 Å². The molecular weight excluding hydrogens is 252 g/mol. The standard InChI is InChI=1S/C11H16N4O4/c1-5-8(6(2)15(4)14-5)10(17)19-7(3)9(16)13-11(12)18/h7H,1-4H3,(H3,12,13,16,18). The first-order valence-electron chi connectivity index (χ1n) is 5.55. The molecule has 0 aromatic carbocycles. The van der Waals surface area contributed by atoms with E-state index < -0.39 is 24.0 Å². The van der Waals surface area contributed by atoms with E-state index in [2.05, 4.69) is 5.10 Å². The smallest absolute Gasteiger partial charge is 0.342 e. The van der Waals surface area contributed by atoms with Crippen LogP contribution in [0.15, 0.2) is 0 Å². The summed E-state index contributed by atoms with van der Waals surface area (Å²) in [5.74, 6) is -1.45. The summed E-state index contributed by atoms with van der Waals surface area (Å²) in [7, 11) is 1.70. The van der Waals surface area contributed by atoms with Crippen LogP contribution in [-0.2, 0) is 16.6 Å². The number of ether oxygens (including phenoxy) is 1. The Hall–Kier alpha value is -2.38. The van der Waals surface area contributed by atoms with Crippen molar-refractivity contribution < 1.29 is 19.1 Å². The summed E-state index contributed by atoms with van der Waals surface area (Å²) in [4.78, 5) is 33.8. The van der Waals surface area contributed by atoms with Crippen LogP contribution in [-0.4, -0.2) is 33.8 Å². The fraction of sp³-hybridized carbons (Fsp3) is 0.455. The average Bonchev–Trinajstić information content (AvgIpc) is 2.51. The number of nitrogens with two attached hydrogens (primary N) is 1. The number of hydrogen-bond donors (Lipinski definition) is 2. The molecule has 1 heterocycles. The number of hydrogen-bond acceptors (Lipinski definition) is 5. The zero-order valence-electron chi connectivity index (χ0n) is 11.2. The lowest BCUT2D eigenvalue weighted by atomic mass is 10.2. The van der Waals surface area contributed by atoms with E-state index in [0.717, 1.165) is 0 Å². The van der Waals surface area contributed by atoms with Crippen LogP contribution in [0.4, 0.5) is 4.79 Å². The predicted octanol–water partition coefficient (Wildman–Crippen LogP) is -0.223. The molecule has 3 amide bonds. The molecule has 0 aliphatic carbocycles. The van der Waals surface area contributed by atoms with E-state index in [1.165, 1.54) is 6.92 Å². The fourth-order valence-electron chi connectivity index (χ4n) is 1.57. The number of aromatic nitrogens is 2. The van der Waals surface area contributed by atoms with Crippen molar-refractivity contribution in [2.45, 2.75) is 26.9 Å². The average molecular weight is 268 g/mol. The number of urea groups is 1. The molecule has 0 aliphatic rings. The number of nitrogens with one attached hydrogen (secondary N) is 1. The van der Waals surface area contributed by atoms with Gasteiger partial charge in [-0.1, -0.05) is 0 Å². The van der Waals surface area contributed by atoms with E-state index in [1.54, 1.807) is 25.6 Å². The van der Waals surface area contributed by atoms with Crippen molar-refractivity contribution in [1.82, 2.24) is 15.1 Å². The third-order valence-electron chi connectivity index (χ3n) is 2.61. The number of imide groups is 1.